The first-order valence-electron chi connectivity index (χ1n) is 4.35. The Morgan fingerprint density at radius 2 is 1.50 bits per heavy atom. The smallest absolute Gasteiger partial charge is 0.315 e. The molecule has 0 amide bonds. The highest BCUT2D eigenvalue weighted by Crippen LogP contribution is 2.41. The molecule has 1 nitrogen and oxygen atoms in total. The fourth-order valence-electron chi connectivity index (χ4n) is 1.24. The predicted molar refractivity (Wildman–Crippen MR) is 46.5 cm³/mol. The molecule has 0 rings (SSSR count). The molecule has 0 heterocycles. The Kier molecular flexibility index (Phi) is 5.13. The van der Waals surface area contributed by atoms with Crippen molar-refractivity contribution in [3.63, 3.8) is 0 Å². The maximum Gasteiger partial charge on any atom is 0.402 e. The van der Waals surface area contributed by atoms with E-state index in [4.69, 9.17) is 0 Å². The second-order valence-electron chi connectivity index (χ2n) is 3.09. The normalized spacial score (nSPS) is 14.6. The van der Waals surface area contributed by atoms with Gasteiger partial charge in [0.15, 0.2) is 5.92 Å². The fourth-order valence-corrected chi connectivity index (χ4v) is 1.24. The molecule has 0 aromatic heterocycles. The molecule has 1 unspecified atom stereocenters. The topological polar surface area (TPSA) is 12.0 Å². The van der Waals surface area contributed by atoms with Crippen LogP contribution in [0.5, 0.6) is 0 Å². The lowest BCUT2D eigenvalue weighted by Gasteiger charge is -2.29. The lowest BCUT2D eigenvalue weighted by molar-refractivity contribution is -0.291. The van der Waals surface area contributed by atoms with Gasteiger partial charge in [0.2, 0.25) is 0 Å². The molecule has 0 aromatic rings. The first-order valence-corrected chi connectivity index (χ1v) is 4.35. The second-order valence-corrected chi connectivity index (χ2v) is 3.09. The number of rotatable bonds is 3. The van der Waals surface area contributed by atoms with Crippen molar-refractivity contribution >= 4 is 0 Å². The maximum atomic E-state index is 12.3. The van der Waals surface area contributed by atoms with E-state index < -0.39 is 30.7 Å². The summed E-state index contributed by atoms with van der Waals surface area (Å²) < 4.78 is 73.6. The molecule has 0 aromatic carbocycles. The molecule has 0 radical (unpaired) electrons. The molecule has 7 heteroatoms. The summed E-state index contributed by atoms with van der Waals surface area (Å²) in [6.07, 6.45) is -11.2. The average Bonchev–Trinajstić information content (AvgIpc) is 2.07. The van der Waals surface area contributed by atoms with Crippen LogP contribution in [-0.4, -0.2) is 25.4 Å². The first kappa shape index (κ1) is 15.1. The molecule has 0 saturated carbocycles. The first-order chi connectivity index (χ1) is 7.14. The summed E-state index contributed by atoms with van der Waals surface area (Å²) in [6.45, 7) is 1.35. The Hall–Kier alpha value is -0.900. The highest BCUT2D eigenvalue weighted by atomic mass is 19.4. The van der Waals surface area contributed by atoms with E-state index in [1.54, 1.807) is 0 Å². The van der Waals surface area contributed by atoms with Gasteiger partial charge in [-0.05, 0) is 14.0 Å². The van der Waals surface area contributed by atoms with Crippen LogP contribution in [0.3, 0.4) is 0 Å². The summed E-state index contributed by atoms with van der Waals surface area (Å²) in [4.78, 5) is 0. The Balaban J connectivity index is 5.05. The summed E-state index contributed by atoms with van der Waals surface area (Å²) in [7, 11) is 1.05. The van der Waals surface area contributed by atoms with Crippen LogP contribution < -0.4 is 5.32 Å². The highest BCUT2D eigenvalue weighted by Gasteiger charge is 2.59. The standard InChI is InChI=1S/C9H11F6N/c1-3-4-5-6(16-2)7(8(10,11)12)9(13,14)15/h6-7,16H,5H2,1-2H3. The summed E-state index contributed by atoms with van der Waals surface area (Å²) >= 11 is 0. The van der Waals surface area contributed by atoms with Crippen LogP contribution in [0.1, 0.15) is 13.3 Å². The van der Waals surface area contributed by atoms with Crippen LogP contribution >= 0.6 is 0 Å². The number of alkyl halides is 6. The highest BCUT2D eigenvalue weighted by molar-refractivity contribution is 5.01. The molecule has 1 N–H and O–H groups in total. The van der Waals surface area contributed by atoms with E-state index >= 15 is 0 Å². The molecule has 0 aliphatic heterocycles. The minimum absolute atomic E-state index is 0.503. The van der Waals surface area contributed by atoms with Crippen LogP contribution in [0.2, 0.25) is 0 Å². The van der Waals surface area contributed by atoms with Crippen LogP contribution in [0, 0.1) is 17.8 Å². The van der Waals surface area contributed by atoms with Gasteiger partial charge in [-0.2, -0.15) is 26.3 Å². The van der Waals surface area contributed by atoms with Gasteiger partial charge in [0.05, 0.1) is 0 Å². The third-order valence-corrected chi connectivity index (χ3v) is 1.98. The van der Waals surface area contributed by atoms with E-state index in [0.717, 1.165) is 7.05 Å². The van der Waals surface area contributed by atoms with Gasteiger partial charge in [-0.25, -0.2) is 0 Å². The molecule has 0 saturated heterocycles. The van der Waals surface area contributed by atoms with Gasteiger partial charge >= 0.3 is 12.4 Å². The zero-order valence-electron chi connectivity index (χ0n) is 8.63. The van der Waals surface area contributed by atoms with Gasteiger partial charge in [-0.1, -0.05) is 0 Å². The number of halogens is 6. The molecule has 0 aliphatic carbocycles. The van der Waals surface area contributed by atoms with Crippen molar-refractivity contribution < 1.29 is 26.3 Å². The van der Waals surface area contributed by atoms with Crippen molar-refractivity contribution in [3.05, 3.63) is 0 Å². The van der Waals surface area contributed by atoms with E-state index in [0.29, 0.717) is 0 Å². The number of hydrogen-bond acceptors (Lipinski definition) is 1. The monoisotopic (exact) mass is 247 g/mol. The summed E-state index contributed by atoms with van der Waals surface area (Å²) in [6, 6.07) is -1.78. The number of nitrogens with one attached hydrogen (secondary N) is 1. The molecular weight excluding hydrogens is 236 g/mol. The zero-order valence-corrected chi connectivity index (χ0v) is 8.63. The van der Waals surface area contributed by atoms with E-state index in [2.05, 4.69) is 11.8 Å². The van der Waals surface area contributed by atoms with E-state index in [1.165, 1.54) is 6.92 Å². The Morgan fingerprint density at radius 1 is 1.06 bits per heavy atom. The van der Waals surface area contributed by atoms with E-state index in [-0.39, 0.29) is 0 Å². The molecule has 0 aliphatic rings. The van der Waals surface area contributed by atoms with Crippen molar-refractivity contribution in [1.82, 2.24) is 5.32 Å². The lowest BCUT2D eigenvalue weighted by atomic mass is 9.96. The van der Waals surface area contributed by atoms with Crippen LogP contribution in [0.25, 0.3) is 0 Å². The van der Waals surface area contributed by atoms with Crippen molar-refractivity contribution in [2.24, 2.45) is 5.92 Å². The molecule has 0 bridgehead atoms. The third kappa shape index (κ3) is 4.31. The van der Waals surface area contributed by atoms with Gasteiger partial charge in [-0.3, -0.25) is 0 Å². The zero-order chi connectivity index (χ0) is 13.0. The van der Waals surface area contributed by atoms with Gasteiger partial charge in [0.25, 0.3) is 0 Å². The maximum absolute atomic E-state index is 12.3. The molecule has 94 valence electrons. The minimum Gasteiger partial charge on any atom is -0.315 e. The van der Waals surface area contributed by atoms with Crippen LogP contribution in [0.15, 0.2) is 0 Å². The summed E-state index contributed by atoms with van der Waals surface area (Å²) in [5.74, 6) is 1.08. The van der Waals surface area contributed by atoms with E-state index in [1.807, 2.05) is 5.32 Å². The predicted octanol–water partition coefficient (Wildman–Crippen LogP) is 2.73. The molecule has 0 spiro atoms. The molecule has 0 fully saturated rings. The van der Waals surface area contributed by atoms with Gasteiger partial charge in [0.1, 0.15) is 0 Å². The summed E-state index contributed by atoms with van der Waals surface area (Å²) in [5.41, 5.74) is 0. The quantitative estimate of drug-likeness (QED) is 0.597. The summed E-state index contributed by atoms with van der Waals surface area (Å²) in [5, 5.41) is 2.01. The second kappa shape index (κ2) is 5.43. The lowest BCUT2D eigenvalue weighted by Crippen LogP contribution is -2.49. The van der Waals surface area contributed by atoms with Crippen molar-refractivity contribution in [2.45, 2.75) is 31.7 Å². The minimum atomic E-state index is -5.33. The Bertz CT molecular complexity index is 254. The third-order valence-electron chi connectivity index (χ3n) is 1.98. The SMILES string of the molecule is CC#CCC(NC)C(C(F)(F)F)C(F)(F)F. The number of hydrogen-bond donors (Lipinski definition) is 1. The largest absolute Gasteiger partial charge is 0.402 e. The molecular formula is C9H11F6N. The molecule has 16 heavy (non-hydrogen) atoms. The van der Waals surface area contributed by atoms with Gasteiger partial charge < -0.3 is 5.32 Å². The van der Waals surface area contributed by atoms with E-state index in [9.17, 15) is 26.3 Å². The van der Waals surface area contributed by atoms with Gasteiger partial charge in [0, 0.05) is 12.5 Å². The fraction of sp³-hybridized carbons (Fsp3) is 0.778. The van der Waals surface area contributed by atoms with Crippen molar-refractivity contribution in [1.29, 1.82) is 0 Å². The Morgan fingerprint density at radius 3 is 1.75 bits per heavy atom. The average molecular weight is 247 g/mol. The molecule has 1 atom stereocenters. The Labute approximate surface area is 89.2 Å². The van der Waals surface area contributed by atoms with Crippen LogP contribution in [-0.2, 0) is 0 Å². The van der Waals surface area contributed by atoms with Gasteiger partial charge in [-0.15, -0.1) is 11.8 Å². The van der Waals surface area contributed by atoms with Crippen LogP contribution in [0.4, 0.5) is 26.3 Å². The van der Waals surface area contributed by atoms with Crippen molar-refractivity contribution in [2.75, 3.05) is 7.05 Å². The van der Waals surface area contributed by atoms with Crippen molar-refractivity contribution in [3.8, 4) is 11.8 Å².